The third-order valence-electron chi connectivity index (χ3n) is 16.6. The van der Waals surface area contributed by atoms with Gasteiger partial charge in [-0.05, 0) is 148 Å². The molecule has 10 aliphatic rings. The van der Waals surface area contributed by atoms with Crippen LogP contribution in [0.3, 0.4) is 0 Å². The van der Waals surface area contributed by atoms with Crippen LogP contribution in [0.1, 0.15) is 47.5 Å². The van der Waals surface area contributed by atoms with Crippen molar-refractivity contribution in [3.05, 3.63) is 0 Å². The summed E-state index contributed by atoms with van der Waals surface area (Å²) in [4.78, 5) is 0. The number of hydrogen-bond acceptors (Lipinski definition) is 0. The summed E-state index contributed by atoms with van der Waals surface area (Å²) >= 11 is 0. The Balaban J connectivity index is 0.931. The molecule has 32 heavy (non-hydrogen) atoms. The largest absolute Gasteiger partial charge is 0.0834 e. The fourth-order valence-electron chi connectivity index (χ4n) is 16.4. The van der Waals surface area contributed by atoms with Crippen molar-refractivity contribution in [3.63, 3.8) is 0 Å². The van der Waals surface area contributed by atoms with Gasteiger partial charge in [0.1, 0.15) is 0 Å². The van der Waals surface area contributed by atoms with E-state index in [1.54, 1.807) is 12.8 Å². The highest BCUT2D eigenvalue weighted by molar-refractivity contribution is 6.09. The Kier molecular flexibility index (Phi) is 2.86. The molecule has 0 aromatic heterocycles. The van der Waals surface area contributed by atoms with Crippen molar-refractivity contribution in [1.82, 2.24) is 0 Å². The molecule has 0 spiro atoms. The van der Waals surface area contributed by atoms with Crippen LogP contribution in [0.4, 0.5) is 0 Å². The fourth-order valence-corrected chi connectivity index (χ4v) is 16.4. The number of rotatable bonds is 2. The molecule has 0 heterocycles. The Bertz CT molecular complexity index is 937. The third-order valence-corrected chi connectivity index (χ3v) is 16.6. The van der Waals surface area contributed by atoms with Crippen molar-refractivity contribution in [3.8, 4) is 0 Å². The molecule has 0 aromatic rings. The van der Waals surface area contributed by atoms with Gasteiger partial charge in [0, 0.05) is 0 Å². The van der Waals surface area contributed by atoms with E-state index < -0.39 is 0 Å². The minimum absolute atomic E-state index is 0.359. The predicted octanol–water partition coefficient (Wildman–Crippen LogP) is 6.13. The molecule has 0 saturated heterocycles. The van der Waals surface area contributed by atoms with Crippen LogP contribution < -0.4 is 0 Å². The molecule has 0 aliphatic heterocycles. The van der Waals surface area contributed by atoms with E-state index in [2.05, 4.69) is 34.6 Å². The van der Waals surface area contributed by atoms with Gasteiger partial charge in [-0.1, -0.05) is 40.9 Å². The molecule has 0 amide bonds. The van der Waals surface area contributed by atoms with Gasteiger partial charge >= 0.3 is 0 Å². The maximum atomic E-state index is 6.27. The number of hydrogen-bond donors (Lipinski definition) is 0. The first kappa shape index (κ1) is 18.3. The Morgan fingerprint density at radius 2 is 1.00 bits per heavy atom. The molecule has 170 valence electrons. The molecule has 22 atom stereocenters. The lowest BCUT2D eigenvalue weighted by Gasteiger charge is -2.91. The Labute approximate surface area is 197 Å². The molecule has 2 radical (unpaired) electrons. The molecule has 10 aliphatic carbocycles. The molecule has 1 heteroatoms. The summed E-state index contributed by atoms with van der Waals surface area (Å²) in [7, 11) is 6.27. The molecule has 10 fully saturated rings. The second kappa shape index (κ2) is 4.98. The average Bonchev–Trinajstić information content (AvgIpc) is 3.09. The quantitative estimate of drug-likeness (QED) is 0.368. The van der Waals surface area contributed by atoms with Crippen LogP contribution in [0.15, 0.2) is 0 Å². The zero-order valence-electron chi connectivity index (χ0n) is 20.9. The maximum absolute atomic E-state index is 6.27. The lowest BCUT2D eigenvalue weighted by atomic mass is 9.14. The van der Waals surface area contributed by atoms with Crippen LogP contribution in [-0.2, 0) is 0 Å². The molecule has 0 nitrogen and oxygen atoms in total. The summed E-state index contributed by atoms with van der Waals surface area (Å²) in [6, 6.07) is 0. The first-order valence-electron chi connectivity index (χ1n) is 15.1. The van der Waals surface area contributed by atoms with Gasteiger partial charge in [-0.15, -0.1) is 0 Å². The molecule has 10 rings (SSSR count). The first-order valence-corrected chi connectivity index (χ1v) is 15.1. The summed E-state index contributed by atoms with van der Waals surface area (Å²) in [6.07, 6.45) is 4.10. The van der Waals surface area contributed by atoms with Gasteiger partial charge in [-0.2, -0.15) is 0 Å². The summed E-state index contributed by atoms with van der Waals surface area (Å²) in [5.74, 6) is 25.4. The van der Waals surface area contributed by atoms with Crippen LogP contribution in [0, 0.1) is 136 Å². The van der Waals surface area contributed by atoms with Crippen LogP contribution in [-0.4, -0.2) is 7.85 Å². The molecule has 0 aromatic carbocycles. The van der Waals surface area contributed by atoms with E-state index in [4.69, 9.17) is 7.85 Å². The third kappa shape index (κ3) is 1.43. The lowest BCUT2D eigenvalue weighted by Crippen LogP contribution is -2.87. The first-order chi connectivity index (χ1) is 15.4. The highest BCUT2D eigenvalue weighted by Gasteiger charge is 2.89. The zero-order chi connectivity index (χ0) is 21.3. The predicted molar refractivity (Wildman–Crippen MR) is 127 cm³/mol. The van der Waals surface area contributed by atoms with Gasteiger partial charge in [0.25, 0.3) is 0 Å². The average molecular weight is 426 g/mol. The normalized spacial score (nSPS) is 78.2. The van der Waals surface area contributed by atoms with Gasteiger partial charge in [0.15, 0.2) is 0 Å². The fraction of sp³-hybridized carbons (Fsp3) is 1.00. The van der Waals surface area contributed by atoms with Crippen LogP contribution in [0.5, 0.6) is 0 Å². The minimum Gasteiger partial charge on any atom is -0.0834 e. The zero-order valence-corrected chi connectivity index (χ0v) is 20.9. The van der Waals surface area contributed by atoms with E-state index in [-0.39, 0.29) is 0 Å². The Hall–Kier alpha value is 0.0649. The SMILES string of the molecule is [B]CC(C)(C)C1C2CC3C4C(C(C)C5C4C4C5[C@@H]5C4C4C6C7C(C[C@@H]7C)[C@@H]6C45)C3C2[C@H]1C. The number of fused-ring (bicyclic) bond motifs is 23. The standard InChI is InChI=1S/C31H43B/c1-9-6-12-15(9)22-21(12)25-26(22)29-27-23-18(24(27)28(25)29)10(2)17-19-13(20(17)23)7-14-16(19)11(3)30(14)31(4,5)8-32/h9-30H,6-8H2,1-5H3/t9-,10?,11+,12?,13?,14?,15?,16?,17?,18?,19?,20?,21-,22?,23?,24?,25?,26?,27?,28-,29?,30?/m0/s1. The van der Waals surface area contributed by atoms with Crippen molar-refractivity contribution in [2.24, 2.45) is 136 Å². The summed E-state index contributed by atoms with van der Waals surface area (Å²) in [5, 5.41) is 0. The highest BCUT2D eigenvalue weighted by Crippen LogP contribution is 2.93. The highest BCUT2D eigenvalue weighted by atomic mass is 14.9. The molecule has 0 N–H and O–H groups in total. The molecular weight excluding hydrogens is 383 g/mol. The van der Waals surface area contributed by atoms with E-state index in [1.807, 2.05) is 0 Å². The molecule has 18 unspecified atom stereocenters. The minimum atomic E-state index is 0.359. The van der Waals surface area contributed by atoms with Crippen LogP contribution >= 0.6 is 0 Å². The van der Waals surface area contributed by atoms with E-state index in [0.29, 0.717) is 5.41 Å². The van der Waals surface area contributed by atoms with Crippen molar-refractivity contribution in [2.75, 3.05) is 0 Å². The van der Waals surface area contributed by atoms with Gasteiger partial charge in [0.05, 0.1) is 7.85 Å². The van der Waals surface area contributed by atoms with E-state index >= 15 is 0 Å². The molecule has 10 saturated carbocycles. The van der Waals surface area contributed by atoms with E-state index in [0.717, 1.165) is 59.6 Å². The second-order valence-corrected chi connectivity index (χ2v) is 16.5. The second-order valence-electron chi connectivity index (χ2n) is 16.5. The van der Waals surface area contributed by atoms with Crippen LogP contribution in [0.2, 0.25) is 6.32 Å². The van der Waals surface area contributed by atoms with Crippen molar-refractivity contribution < 1.29 is 0 Å². The maximum Gasteiger partial charge on any atom is 0.0660 e. The van der Waals surface area contributed by atoms with E-state index in [9.17, 15) is 0 Å². The summed E-state index contributed by atoms with van der Waals surface area (Å²) < 4.78 is 0. The van der Waals surface area contributed by atoms with Gasteiger partial charge in [0.2, 0.25) is 0 Å². The Morgan fingerprint density at radius 1 is 0.531 bits per heavy atom. The van der Waals surface area contributed by atoms with Crippen molar-refractivity contribution >= 4 is 7.85 Å². The lowest BCUT2D eigenvalue weighted by molar-refractivity contribution is -0.439. The van der Waals surface area contributed by atoms with Crippen molar-refractivity contribution in [1.29, 1.82) is 0 Å². The Morgan fingerprint density at radius 3 is 1.66 bits per heavy atom. The summed E-state index contributed by atoms with van der Waals surface area (Å²) in [5.41, 5.74) is 0.359. The topological polar surface area (TPSA) is 0 Å². The molecule has 0 bridgehead atoms. The summed E-state index contributed by atoms with van der Waals surface area (Å²) in [6.45, 7) is 12.9. The molecular formula is C31H43B. The van der Waals surface area contributed by atoms with Crippen LogP contribution in [0.25, 0.3) is 0 Å². The van der Waals surface area contributed by atoms with E-state index in [1.165, 1.54) is 76.9 Å². The smallest absolute Gasteiger partial charge is 0.0660 e. The van der Waals surface area contributed by atoms with Gasteiger partial charge < -0.3 is 0 Å². The van der Waals surface area contributed by atoms with Crippen molar-refractivity contribution in [2.45, 2.75) is 53.8 Å². The monoisotopic (exact) mass is 426 g/mol. The van der Waals surface area contributed by atoms with Gasteiger partial charge in [-0.3, -0.25) is 0 Å². The van der Waals surface area contributed by atoms with Gasteiger partial charge in [-0.25, -0.2) is 0 Å².